The van der Waals surface area contributed by atoms with E-state index in [1.54, 1.807) is 0 Å². The maximum atomic E-state index is 11.7. The van der Waals surface area contributed by atoms with E-state index in [1.165, 1.54) is 17.9 Å². The van der Waals surface area contributed by atoms with Gasteiger partial charge in [0.15, 0.2) is 0 Å². The van der Waals surface area contributed by atoms with Crippen molar-refractivity contribution in [1.82, 2.24) is 0 Å². The molecule has 1 aliphatic heterocycles. The average Bonchev–Trinajstić information content (AvgIpc) is 2.39. The van der Waals surface area contributed by atoms with Gasteiger partial charge in [0.1, 0.15) is 0 Å². The first-order valence-corrected chi connectivity index (χ1v) is 8.02. The third-order valence-corrected chi connectivity index (χ3v) is 5.64. The maximum absolute atomic E-state index is 11.7. The van der Waals surface area contributed by atoms with Crippen LogP contribution in [0.5, 0.6) is 0 Å². The molecule has 0 bridgehead atoms. The molecule has 1 aromatic carbocycles. The van der Waals surface area contributed by atoms with Gasteiger partial charge in [-0.05, 0) is 36.5 Å². The van der Waals surface area contributed by atoms with Gasteiger partial charge in [0.05, 0.1) is 4.58 Å². The molecule has 0 atom stereocenters. The number of nitrogens with one attached hydrogen (secondary N) is 1. The number of thioether (sulfide) groups is 2. The van der Waals surface area contributed by atoms with Gasteiger partial charge in [-0.2, -0.15) is 0 Å². The Hall–Kier alpha value is -0.610. The van der Waals surface area contributed by atoms with Crippen molar-refractivity contribution in [1.29, 1.82) is 0 Å². The van der Waals surface area contributed by atoms with Crippen molar-refractivity contribution < 1.29 is 4.79 Å². The fourth-order valence-electron chi connectivity index (χ4n) is 1.70. The van der Waals surface area contributed by atoms with Gasteiger partial charge in [0.2, 0.25) is 5.91 Å². The van der Waals surface area contributed by atoms with Crippen molar-refractivity contribution in [3.63, 3.8) is 0 Å². The van der Waals surface area contributed by atoms with Gasteiger partial charge in [0, 0.05) is 12.1 Å². The van der Waals surface area contributed by atoms with E-state index in [2.05, 4.69) is 5.32 Å². The van der Waals surface area contributed by atoms with E-state index < -0.39 is 0 Å². The summed E-state index contributed by atoms with van der Waals surface area (Å²) in [4.78, 5) is 11.7. The smallest absolute Gasteiger partial charge is 0.224 e. The van der Waals surface area contributed by atoms with Gasteiger partial charge in [-0.3, -0.25) is 4.79 Å². The predicted molar refractivity (Wildman–Crippen MR) is 77.6 cm³/mol. The number of carbonyl (C=O) groups is 1. The zero-order valence-corrected chi connectivity index (χ0v) is 11.4. The first kappa shape index (κ1) is 12.8. The molecule has 1 aliphatic rings. The molecule has 1 amide bonds. The highest BCUT2D eigenvalue weighted by molar-refractivity contribution is 8.17. The number of rotatable bonds is 4. The van der Waals surface area contributed by atoms with Gasteiger partial charge in [0.25, 0.3) is 0 Å². The zero-order valence-electron chi connectivity index (χ0n) is 9.72. The molecule has 1 saturated heterocycles. The molecule has 4 heteroatoms. The number of amides is 1. The first-order chi connectivity index (χ1) is 8.34. The SMILES string of the molecule is O=C(CCC1SCCCS1)Nc1ccccc1. The standard InChI is InChI=1S/C13H17NOS2/c15-12(14-11-5-2-1-3-6-11)7-8-13-16-9-4-10-17-13/h1-3,5-6,13H,4,7-10H2,(H,14,15). The summed E-state index contributed by atoms with van der Waals surface area (Å²) in [5.41, 5.74) is 0.890. The fraction of sp³-hybridized carbons (Fsp3) is 0.462. The Bertz CT molecular complexity index is 350. The molecule has 0 radical (unpaired) electrons. The molecule has 0 saturated carbocycles. The molecule has 0 aromatic heterocycles. The van der Waals surface area contributed by atoms with Gasteiger partial charge in [-0.25, -0.2) is 0 Å². The monoisotopic (exact) mass is 267 g/mol. The molecule has 2 rings (SSSR count). The summed E-state index contributed by atoms with van der Waals surface area (Å²) in [5.74, 6) is 2.62. The molecular formula is C13H17NOS2. The van der Waals surface area contributed by atoms with Crippen LogP contribution in [0.4, 0.5) is 5.69 Å². The Morgan fingerprint density at radius 3 is 2.65 bits per heavy atom. The van der Waals surface area contributed by atoms with E-state index in [9.17, 15) is 4.79 Å². The normalized spacial score (nSPS) is 16.7. The minimum Gasteiger partial charge on any atom is -0.326 e. The second kappa shape index (κ2) is 6.97. The summed E-state index contributed by atoms with van der Waals surface area (Å²) in [5, 5.41) is 2.92. The number of para-hydroxylation sites is 1. The lowest BCUT2D eigenvalue weighted by Gasteiger charge is -2.20. The summed E-state index contributed by atoms with van der Waals surface area (Å²) >= 11 is 3.99. The van der Waals surface area contributed by atoms with Crippen LogP contribution in [0.2, 0.25) is 0 Å². The average molecular weight is 267 g/mol. The van der Waals surface area contributed by atoms with E-state index in [4.69, 9.17) is 0 Å². The maximum Gasteiger partial charge on any atom is 0.224 e. The highest BCUT2D eigenvalue weighted by atomic mass is 32.2. The molecule has 17 heavy (non-hydrogen) atoms. The largest absolute Gasteiger partial charge is 0.326 e. The van der Waals surface area contributed by atoms with Crippen LogP contribution < -0.4 is 5.32 Å². The van der Waals surface area contributed by atoms with Crippen LogP contribution in [0, 0.1) is 0 Å². The molecule has 0 unspecified atom stereocenters. The van der Waals surface area contributed by atoms with E-state index in [0.29, 0.717) is 11.0 Å². The quantitative estimate of drug-likeness (QED) is 0.903. The molecule has 1 aromatic rings. The van der Waals surface area contributed by atoms with Crippen molar-refractivity contribution in [2.45, 2.75) is 23.8 Å². The lowest BCUT2D eigenvalue weighted by atomic mass is 10.3. The Morgan fingerprint density at radius 2 is 1.94 bits per heavy atom. The molecule has 1 heterocycles. The third-order valence-electron chi connectivity index (χ3n) is 2.56. The van der Waals surface area contributed by atoms with Crippen molar-refractivity contribution in [2.75, 3.05) is 16.8 Å². The highest BCUT2D eigenvalue weighted by Crippen LogP contribution is 2.33. The molecular weight excluding hydrogens is 250 g/mol. The fourth-order valence-corrected chi connectivity index (χ4v) is 4.56. The van der Waals surface area contributed by atoms with Gasteiger partial charge in [-0.1, -0.05) is 18.2 Å². The summed E-state index contributed by atoms with van der Waals surface area (Å²) < 4.78 is 0.616. The van der Waals surface area contributed by atoms with E-state index in [-0.39, 0.29) is 5.91 Å². The van der Waals surface area contributed by atoms with Gasteiger partial charge >= 0.3 is 0 Å². The molecule has 1 N–H and O–H groups in total. The van der Waals surface area contributed by atoms with E-state index in [0.717, 1.165) is 12.1 Å². The summed E-state index contributed by atoms with van der Waals surface area (Å²) in [6.45, 7) is 0. The highest BCUT2D eigenvalue weighted by Gasteiger charge is 2.15. The second-order valence-electron chi connectivity index (χ2n) is 3.98. The van der Waals surface area contributed by atoms with Crippen molar-refractivity contribution in [3.8, 4) is 0 Å². The lowest BCUT2D eigenvalue weighted by Crippen LogP contribution is -2.14. The Balaban J connectivity index is 1.70. The molecule has 0 aliphatic carbocycles. The van der Waals surface area contributed by atoms with Gasteiger partial charge < -0.3 is 5.32 Å². The van der Waals surface area contributed by atoms with Crippen LogP contribution in [-0.4, -0.2) is 22.0 Å². The minimum absolute atomic E-state index is 0.128. The van der Waals surface area contributed by atoms with Crippen molar-refractivity contribution in [3.05, 3.63) is 30.3 Å². The zero-order chi connectivity index (χ0) is 11.9. The first-order valence-electron chi connectivity index (χ1n) is 5.93. The number of carbonyl (C=O) groups excluding carboxylic acids is 1. The number of benzene rings is 1. The van der Waals surface area contributed by atoms with Crippen LogP contribution in [0.15, 0.2) is 30.3 Å². The van der Waals surface area contributed by atoms with Gasteiger partial charge in [-0.15, -0.1) is 23.5 Å². The predicted octanol–water partition coefficient (Wildman–Crippen LogP) is 3.60. The summed E-state index contributed by atoms with van der Waals surface area (Å²) in [6, 6.07) is 9.65. The summed E-state index contributed by atoms with van der Waals surface area (Å²) in [6.07, 6.45) is 2.91. The lowest BCUT2D eigenvalue weighted by molar-refractivity contribution is -0.116. The number of hydrogen-bond donors (Lipinski definition) is 1. The van der Waals surface area contributed by atoms with E-state index in [1.807, 2.05) is 53.9 Å². The molecule has 0 spiro atoms. The minimum atomic E-state index is 0.128. The Kier molecular flexibility index (Phi) is 5.26. The Morgan fingerprint density at radius 1 is 1.24 bits per heavy atom. The van der Waals surface area contributed by atoms with Crippen LogP contribution in [0.1, 0.15) is 19.3 Å². The molecule has 92 valence electrons. The van der Waals surface area contributed by atoms with Crippen molar-refractivity contribution in [2.24, 2.45) is 0 Å². The summed E-state index contributed by atoms with van der Waals surface area (Å²) in [7, 11) is 0. The van der Waals surface area contributed by atoms with E-state index >= 15 is 0 Å². The Labute approximate surface area is 111 Å². The molecule has 1 fully saturated rings. The number of anilines is 1. The van der Waals surface area contributed by atoms with Crippen LogP contribution >= 0.6 is 23.5 Å². The second-order valence-corrected chi connectivity index (χ2v) is 6.90. The van der Waals surface area contributed by atoms with Crippen LogP contribution in [0.3, 0.4) is 0 Å². The number of hydrogen-bond acceptors (Lipinski definition) is 3. The van der Waals surface area contributed by atoms with Crippen LogP contribution in [0.25, 0.3) is 0 Å². The van der Waals surface area contributed by atoms with Crippen molar-refractivity contribution >= 4 is 35.1 Å². The topological polar surface area (TPSA) is 29.1 Å². The molecule has 2 nitrogen and oxygen atoms in total. The third kappa shape index (κ3) is 4.64. The van der Waals surface area contributed by atoms with Crippen LogP contribution in [-0.2, 0) is 4.79 Å².